The van der Waals surface area contributed by atoms with Crippen molar-refractivity contribution >= 4 is 17.5 Å². The Morgan fingerprint density at radius 3 is 2.22 bits per heavy atom. The first-order chi connectivity index (χ1) is 15.7. The molecule has 1 heterocycles. The molecular weight excluding hydrogens is 398 g/mol. The number of amides is 2. The quantitative estimate of drug-likeness (QED) is 0.569. The van der Waals surface area contributed by atoms with Gasteiger partial charge in [0.15, 0.2) is 0 Å². The van der Waals surface area contributed by atoms with E-state index in [1.54, 1.807) is 12.4 Å². The van der Waals surface area contributed by atoms with E-state index in [0.29, 0.717) is 19.5 Å². The zero-order valence-corrected chi connectivity index (χ0v) is 18.2. The van der Waals surface area contributed by atoms with Crippen LogP contribution in [0.2, 0.25) is 0 Å². The van der Waals surface area contributed by atoms with E-state index in [1.165, 1.54) is 0 Å². The number of hydrogen-bond donors (Lipinski definition) is 1. The Hall–Kier alpha value is -3.47. The van der Waals surface area contributed by atoms with Gasteiger partial charge in [-0.3, -0.25) is 14.6 Å². The minimum absolute atomic E-state index is 0.0299. The molecule has 32 heavy (non-hydrogen) atoms. The van der Waals surface area contributed by atoms with Crippen molar-refractivity contribution in [3.05, 3.63) is 95.8 Å². The highest BCUT2D eigenvalue weighted by atomic mass is 16.2. The summed E-state index contributed by atoms with van der Waals surface area (Å²) in [6.45, 7) is 1.04. The first-order valence-electron chi connectivity index (χ1n) is 11.3. The highest BCUT2D eigenvalue weighted by Gasteiger charge is 2.28. The Bertz CT molecular complexity index is 1010. The summed E-state index contributed by atoms with van der Waals surface area (Å²) in [6, 6.07) is 21.7. The molecule has 1 aromatic heterocycles. The Balaban J connectivity index is 1.42. The lowest BCUT2D eigenvalue weighted by Gasteiger charge is -2.26. The summed E-state index contributed by atoms with van der Waals surface area (Å²) in [4.78, 5) is 31.5. The zero-order valence-electron chi connectivity index (χ0n) is 18.2. The molecule has 1 N–H and O–H groups in total. The first-order valence-corrected chi connectivity index (χ1v) is 11.3. The van der Waals surface area contributed by atoms with Gasteiger partial charge < -0.3 is 10.2 Å². The lowest BCUT2D eigenvalue weighted by atomic mass is 10.0. The molecule has 0 bridgehead atoms. The summed E-state index contributed by atoms with van der Waals surface area (Å²) in [6.07, 6.45) is 7.94. The summed E-state index contributed by atoms with van der Waals surface area (Å²) >= 11 is 0. The molecule has 2 aromatic carbocycles. The molecule has 5 nitrogen and oxygen atoms in total. The molecule has 0 unspecified atom stereocenters. The highest BCUT2D eigenvalue weighted by molar-refractivity contribution is 5.95. The van der Waals surface area contributed by atoms with Gasteiger partial charge in [0, 0.05) is 30.5 Å². The van der Waals surface area contributed by atoms with E-state index in [0.717, 1.165) is 48.1 Å². The van der Waals surface area contributed by atoms with Gasteiger partial charge in [-0.25, -0.2) is 0 Å². The maximum atomic E-state index is 13.3. The number of anilines is 1. The smallest absolute Gasteiger partial charge is 0.230 e. The topological polar surface area (TPSA) is 62.3 Å². The summed E-state index contributed by atoms with van der Waals surface area (Å²) in [5.41, 5.74) is 3.93. The number of benzene rings is 2. The Labute approximate surface area is 189 Å². The van der Waals surface area contributed by atoms with Crippen molar-refractivity contribution in [1.82, 2.24) is 10.3 Å². The van der Waals surface area contributed by atoms with Crippen LogP contribution in [-0.2, 0) is 29.1 Å². The fraction of sp³-hybridized carbons (Fsp3) is 0.296. The molecule has 2 amide bonds. The molecule has 1 aliphatic rings. The fourth-order valence-electron chi connectivity index (χ4n) is 4.20. The summed E-state index contributed by atoms with van der Waals surface area (Å²) in [5.74, 6) is 0.282. The molecule has 3 aromatic rings. The van der Waals surface area contributed by atoms with Gasteiger partial charge >= 0.3 is 0 Å². The van der Waals surface area contributed by atoms with Crippen molar-refractivity contribution in [2.24, 2.45) is 5.92 Å². The Morgan fingerprint density at radius 2 is 1.53 bits per heavy atom. The third-order valence-electron chi connectivity index (χ3n) is 6.01. The minimum Gasteiger partial charge on any atom is -0.352 e. The van der Waals surface area contributed by atoms with Crippen molar-refractivity contribution in [2.45, 2.75) is 45.2 Å². The number of carbonyl (C=O) groups excluding carboxylic acids is 2. The number of hydrogen-bond acceptors (Lipinski definition) is 3. The van der Waals surface area contributed by atoms with Gasteiger partial charge in [0.25, 0.3) is 0 Å². The Morgan fingerprint density at radius 1 is 0.844 bits per heavy atom. The number of carbonyl (C=O) groups is 2. The fourth-order valence-corrected chi connectivity index (χ4v) is 4.20. The van der Waals surface area contributed by atoms with Gasteiger partial charge in [0.05, 0.1) is 13.0 Å². The lowest BCUT2D eigenvalue weighted by molar-refractivity contribution is -0.122. The maximum Gasteiger partial charge on any atom is 0.230 e. The van der Waals surface area contributed by atoms with E-state index < -0.39 is 0 Å². The predicted molar refractivity (Wildman–Crippen MR) is 126 cm³/mol. The molecule has 0 atom stereocenters. The van der Waals surface area contributed by atoms with E-state index in [2.05, 4.69) is 22.4 Å². The van der Waals surface area contributed by atoms with Crippen LogP contribution in [-0.4, -0.2) is 16.8 Å². The largest absolute Gasteiger partial charge is 0.352 e. The molecule has 0 radical (unpaired) electrons. The van der Waals surface area contributed by atoms with Crippen LogP contribution < -0.4 is 10.2 Å². The molecule has 0 aliphatic heterocycles. The third-order valence-corrected chi connectivity index (χ3v) is 6.01. The van der Waals surface area contributed by atoms with Crippen LogP contribution in [0, 0.1) is 5.92 Å². The van der Waals surface area contributed by atoms with Crippen LogP contribution in [0.1, 0.15) is 42.4 Å². The number of rotatable bonds is 8. The summed E-state index contributed by atoms with van der Waals surface area (Å²) in [7, 11) is 0. The minimum atomic E-state index is -0.0299. The van der Waals surface area contributed by atoms with Crippen LogP contribution in [0.15, 0.2) is 79.1 Å². The molecule has 4 rings (SSSR count). The third kappa shape index (κ3) is 5.82. The van der Waals surface area contributed by atoms with E-state index in [1.807, 2.05) is 59.5 Å². The summed E-state index contributed by atoms with van der Waals surface area (Å²) < 4.78 is 0. The monoisotopic (exact) mass is 427 g/mol. The predicted octanol–water partition coefficient (Wildman–Crippen LogP) is 4.66. The normalized spacial score (nSPS) is 13.6. The van der Waals surface area contributed by atoms with Gasteiger partial charge in [-0.2, -0.15) is 0 Å². The van der Waals surface area contributed by atoms with Crippen LogP contribution in [0.4, 0.5) is 5.69 Å². The van der Waals surface area contributed by atoms with E-state index in [-0.39, 0.29) is 17.7 Å². The molecule has 1 saturated carbocycles. The molecule has 1 fully saturated rings. The second-order valence-electron chi connectivity index (χ2n) is 8.37. The van der Waals surface area contributed by atoms with E-state index in [9.17, 15) is 9.59 Å². The second kappa shape index (κ2) is 10.7. The van der Waals surface area contributed by atoms with E-state index >= 15 is 0 Å². The first kappa shape index (κ1) is 21.8. The Kier molecular flexibility index (Phi) is 7.28. The van der Waals surface area contributed by atoms with Crippen LogP contribution in [0.5, 0.6) is 0 Å². The average Bonchev–Trinajstić information content (AvgIpc) is 3.38. The number of aromatic nitrogens is 1. The highest BCUT2D eigenvalue weighted by Crippen LogP contribution is 2.29. The van der Waals surface area contributed by atoms with Crippen LogP contribution in [0.3, 0.4) is 0 Å². The molecule has 0 saturated heterocycles. The number of pyridine rings is 1. The maximum absolute atomic E-state index is 13.3. The standard InChI is InChI=1S/C27H29N3O2/c31-26(29-19-22-14-16-28-17-15-22)18-21-10-12-25(13-11-21)30(20-23-6-2-1-3-7-23)27(32)24-8-4-5-9-24/h1-3,6-7,10-17,24H,4-5,8-9,18-20H2,(H,29,31). The van der Waals surface area contributed by atoms with Gasteiger partial charge in [-0.1, -0.05) is 55.3 Å². The van der Waals surface area contributed by atoms with Gasteiger partial charge in [0.1, 0.15) is 0 Å². The SMILES string of the molecule is O=C(Cc1ccc(N(Cc2ccccc2)C(=O)C2CCCC2)cc1)NCc1ccncc1. The summed E-state index contributed by atoms with van der Waals surface area (Å²) in [5, 5.41) is 2.94. The van der Waals surface area contributed by atoms with E-state index in [4.69, 9.17) is 0 Å². The van der Waals surface area contributed by atoms with Crippen LogP contribution in [0.25, 0.3) is 0 Å². The van der Waals surface area contributed by atoms with Crippen molar-refractivity contribution in [3.8, 4) is 0 Å². The molecule has 0 spiro atoms. The lowest BCUT2D eigenvalue weighted by Crippen LogP contribution is -2.35. The molecular formula is C27H29N3O2. The van der Waals surface area contributed by atoms with Crippen molar-refractivity contribution in [3.63, 3.8) is 0 Å². The van der Waals surface area contributed by atoms with Crippen molar-refractivity contribution in [2.75, 3.05) is 4.90 Å². The zero-order chi connectivity index (χ0) is 22.2. The molecule has 1 aliphatic carbocycles. The molecule has 164 valence electrons. The second-order valence-corrected chi connectivity index (χ2v) is 8.37. The van der Waals surface area contributed by atoms with Gasteiger partial charge in [-0.15, -0.1) is 0 Å². The number of nitrogens with one attached hydrogen (secondary N) is 1. The number of nitrogens with zero attached hydrogens (tertiary/aromatic N) is 2. The van der Waals surface area contributed by atoms with Crippen LogP contribution >= 0.6 is 0 Å². The van der Waals surface area contributed by atoms with Gasteiger partial charge in [0.2, 0.25) is 11.8 Å². The van der Waals surface area contributed by atoms with Gasteiger partial charge in [-0.05, 0) is 53.8 Å². The average molecular weight is 428 g/mol. The van der Waals surface area contributed by atoms with Crippen molar-refractivity contribution in [1.29, 1.82) is 0 Å². The molecule has 5 heteroatoms. The van der Waals surface area contributed by atoms with Crippen molar-refractivity contribution < 1.29 is 9.59 Å².